The topological polar surface area (TPSA) is 69.7 Å². The van der Waals surface area contributed by atoms with Crippen molar-refractivity contribution in [1.82, 2.24) is 25.3 Å². The van der Waals surface area contributed by atoms with E-state index in [0.29, 0.717) is 28.6 Å². The predicted octanol–water partition coefficient (Wildman–Crippen LogP) is 4.24. The lowest BCUT2D eigenvalue weighted by atomic mass is 10.0. The largest absolute Gasteiger partial charge is 0.417 e. The Hall–Kier alpha value is -2.68. The van der Waals surface area contributed by atoms with Crippen molar-refractivity contribution >= 4 is 16.7 Å². The maximum Gasteiger partial charge on any atom is 0.417 e. The fourth-order valence-electron chi connectivity index (χ4n) is 3.97. The average molecular weight is 404 g/mol. The van der Waals surface area contributed by atoms with E-state index in [1.807, 2.05) is 13.0 Å². The van der Waals surface area contributed by atoms with Gasteiger partial charge >= 0.3 is 6.18 Å². The van der Waals surface area contributed by atoms with Crippen LogP contribution in [0.4, 0.5) is 19.0 Å². The average Bonchev–Trinajstić information content (AvgIpc) is 3.17. The van der Waals surface area contributed by atoms with Crippen LogP contribution in [0.5, 0.6) is 0 Å². The van der Waals surface area contributed by atoms with E-state index in [9.17, 15) is 13.2 Å². The lowest BCUT2D eigenvalue weighted by Gasteiger charge is -2.32. The highest BCUT2D eigenvalue weighted by Gasteiger charge is 2.33. The Balaban J connectivity index is 1.63. The summed E-state index contributed by atoms with van der Waals surface area (Å²) in [6, 6.07) is 4.71. The number of piperidine rings is 1. The monoisotopic (exact) mass is 404 g/mol. The highest BCUT2D eigenvalue weighted by Crippen LogP contribution is 2.38. The summed E-state index contributed by atoms with van der Waals surface area (Å²) in [6.07, 6.45) is -1.03. The maximum absolute atomic E-state index is 13.3. The normalized spacial score (nSPS) is 18.3. The molecule has 1 aliphatic heterocycles. The highest BCUT2D eigenvalue weighted by molar-refractivity contribution is 5.95. The minimum Gasteiger partial charge on any atom is -0.365 e. The van der Waals surface area contributed by atoms with Gasteiger partial charge in [0.05, 0.1) is 23.0 Å². The summed E-state index contributed by atoms with van der Waals surface area (Å²) in [5.41, 5.74) is 1.52. The molecule has 0 bridgehead atoms. The molecule has 29 heavy (non-hydrogen) atoms. The van der Waals surface area contributed by atoms with Gasteiger partial charge in [-0.1, -0.05) is 6.92 Å². The van der Waals surface area contributed by atoms with Gasteiger partial charge in [-0.05, 0) is 56.6 Å². The fraction of sp³-hybridized carbons (Fsp3) is 0.450. The van der Waals surface area contributed by atoms with Gasteiger partial charge in [0.15, 0.2) is 0 Å². The maximum atomic E-state index is 13.3. The van der Waals surface area contributed by atoms with E-state index in [0.717, 1.165) is 44.1 Å². The molecule has 2 aromatic heterocycles. The Morgan fingerprint density at radius 2 is 2.10 bits per heavy atom. The van der Waals surface area contributed by atoms with Crippen LogP contribution in [-0.4, -0.2) is 51.0 Å². The molecular formula is C20H23F3N6. The Labute approximate surface area is 166 Å². The number of H-pyrrole nitrogens is 1. The molecule has 154 valence electrons. The standard InChI is InChI=1S/C20H23F3N6/c1-3-29-8-4-5-13(11-29)25-17-9-12(2)18(28-26-17)14-6-7-16(20(21,22)23)15-10-24-27-19(14)15/h6-7,9-10,13H,3-5,8,11H2,1-2H3,(H,24,27)(H,25,26)/t13-/m1/s1. The number of anilines is 1. The van der Waals surface area contributed by atoms with Crippen LogP contribution in [0.1, 0.15) is 30.9 Å². The first-order valence-electron chi connectivity index (χ1n) is 9.73. The van der Waals surface area contributed by atoms with Crippen LogP contribution in [0.15, 0.2) is 24.4 Å². The van der Waals surface area contributed by atoms with Crippen LogP contribution >= 0.6 is 0 Å². The molecule has 0 saturated carbocycles. The number of likely N-dealkylation sites (tertiary alicyclic amines) is 1. The van der Waals surface area contributed by atoms with E-state index in [4.69, 9.17) is 0 Å². The second kappa shape index (κ2) is 7.62. The lowest BCUT2D eigenvalue weighted by molar-refractivity contribution is -0.136. The quantitative estimate of drug-likeness (QED) is 0.681. The van der Waals surface area contributed by atoms with Gasteiger partial charge in [0.1, 0.15) is 5.82 Å². The number of aromatic nitrogens is 4. The Morgan fingerprint density at radius 1 is 1.28 bits per heavy atom. The molecule has 1 atom stereocenters. The van der Waals surface area contributed by atoms with Gasteiger partial charge in [0.25, 0.3) is 0 Å². The number of hydrogen-bond acceptors (Lipinski definition) is 5. The molecular weight excluding hydrogens is 381 g/mol. The van der Waals surface area contributed by atoms with Gasteiger partial charge in [0.2, 0.25) is 0 Å². The fourth-order valence-corrected chi connectivity index (χ4v) is 3.97. The van der Waals surface area contributed by atoms with E-state index < -0.39 is 11.7 Å². The number of aromatic amines is 1. The Kier molecular flexibility index (Phi) is 5.16. The Morgan fingerprint density at radius 3 is 2.83 bits per heavy atom. The summed E-state index contributed by atoms with van der Waals surface area (Å²) in [6.45, 7) is 7.14. The molecule has 0 unspecified atom stereocenters. The SMILES string of the molecule is CCN1CCC[C@@H](Nc2cc(C)c(-c3ccc(C(F)(F)F)c4cn[nH]c34)nn2)C1. The van der Waals surface area contributed by atoms with Gasteiger partial charge in [-0.2, -0.15) is 18.3 Å². The molecule has 3 aromatic rings. The molecule has 1 fully saturated rings. The van der Waals surface area contributed by atoms with Crippen LogP contribution in [0.2, 0.25) is 0 Å². The molecule has 3 heterocycles. The number of nitrogens with one attached hydrogen (secondary N) is 2. The number of benzene rings is 1. The van der Waals surface area contributed by atoms with Crippen molar-refractivity contribution < 1.29 is 13.2 Å². The van der Waals surface area contributed by atoms with Crippen LogP contribution in [0.25, 0.3) is 22.2 Å². The van der Waals surface area contributed by atoms with Crippen LogP contribution in [0.3, 0.4) is 0 Å². The highest BCUT2D eigenvalue weighted by atomic mass is 19.4. The molecule has 1 saturated heterocycles. The van der Waals surface area contributed by atoms with Crippen molar-refractivity contribution in [3.8, 4) is 11.3 Å². The van der Waals surface area contributed by atoms with Gasteiger partial charge in [-0.25, -0.2) is 0 Å². The molecule has 0 aliphatic carbocycles. The number of aryl methyl sites for hydroxylation is 1. The van der Waals surface area contributed by atoms with Crippen molar-refractivity contribution in [2.45, 2.75) is 38.9 Å². The molecule has 0 amide bonds. The number of fused-ring (bicyclic) bond motifs is 1. The third-order valence-electron chi connectivity index (χ3n) is 5.47. The third kappa shape index (κ3) is 3.91. The zero-order valence-corrected chi connectivity index (χ0v) is 16.3. The summed E-state index contributed by atoms with van der Waals surface area (Å²) in [4.78, 5) is 2.40. The van der Waals surface area contributed by atoms with Crippen molar-refractivity contribution in [3.05, 3.63) is 35.5 Å². The molecule has 4 rings (SSSR count). The number of nitrogens with zero attached hydrogens (tertiary/aromatic N) is 4. The predicted molar refractivity (Wildman–Crippen MR) is 106 cm³/mol. The van der Waals surface area contributed by atoms with E-state index in [2.05, 4.69) is 37.5 Å². The summed E-state index contributed by atoms with van der Waals surface area (Å²) in [7, 11) is 0. The molecule has 2 N–H and O–H groups in total. The number of alkyl halides is 3. The van der Waals surface area contributed by atoms with Crippen molar-refractivity contribution in [1.29, 1.82) is 0 Å². The number of rotatable bonds is 4. The van der Waals surface area contributed by atoms with Gasteiger partial charge in [-0.3, -0.25) is 5.10 Å². The summed E-state index contributed by atoms with van der Waals surface area (Å²) in [5, 5.41) is 18.6. The van der Waals surface area contributed by atoms with E-state index in [-0.39, 0.29) is 5.39 Å². The summed E-state index contributed by atoms with van der Waals surface area (Å²) >= 11 is 0. The van der Waals surface area contributed by atoms with Crippen molar-refractivity contribution in [2.24, 2.45) is 0 Å². The first kappa shape index (κ1) is 19.6. The molecule has 6 nitrogen and oxygen atoms in total. The molecule has 1 aromatic carbocycles. The smallest absolute Gasteiger partial charge is 0.365 e. The molecule has 0 radical (unpaired) electrons. The summed E-state index contributed by atoms with van der Waals surface area (Å²) < 4.78 is 39.8. The van der Waals surface area contributed by atoms with Gasteiger partial charge in [-0.15, -0.1) is 10.2 Å². The first-order chi connectivity index (χ1) is 13.9. The lowest BCUT2D eigenvalue weighted by Crippen LogP contribution is -2.42. The minimum absolute atomic E-state index is 0.0280. The number of halogens is 3. The first-order valence-corrected chi connectivity index (χ1v) is 9.73. The number of hydrogen-bond donors (Lipinski definition) is 2. The molecule has 1 aliphatic rings. The van der Waals surface area contributed by atoms with Crippen molar-refractivity contribution in [2.75, 3.05) is 25.0 Å². The van der Waals surface area contributed by atoms with Crippen molar-refractivity contribution in [3.63, 3.8) is 0 Å². The van der Waals surface area contributed by atoms with Crippen LogP contribution in [-0.2, 0) is 6.18 Å². The molecule has 0 spiro atoms. The van der Waals surface area contributed by atoms with Crippen LogP contribution in [0, 0.1) is 6.92 Å². The minimum atomic E-state index is -4.44. The van der Waals surface area contributed by atoms with E-state index in [1.54, 1.807) is 0 Å². The van der Waals surface area contributed by atoms with Crippen LogP contribution < -0.4 is 5.32 Å². The second-order valence-corrected chi connectivity index (χ2v) is 7.46. The van der Waals surface area contributed by atoms with E-state index >= 15 is 0 Å². The zero-order chi connectivity index (χ0) is 20.6. The number of likely N-dealkylation sites (N-methyl/N-ethyl adjacent to an activating group) is 1. The zero-order valence-electron chi connectivity index (χ0n) is 16.3. The second-order valence-electron chi connectivity index (χ2n) is 7.46. The third-order valence-corrected chi connectivity index (χ3v) is 5.47. The van der Waals surface area contributed by atoms with Gasteiger partial charge in [0, 0.05) is 23.5 Å². The summed E-state index contributed by atoms with van der Waals surface area (Å²) in [5.74, 6) is 0.682. The van der Waals surface area contributed by atoms with Gasteiger partial charge < -0.3 is 10.2 Å². The Bertz CT molecular complexity index is 1010. The van der Waals surface area contributed by atoms with E-state index in [1.165, 1.54) is 12.3 Å². The molecule has 9 heteroatoms.